The number of aromatic nitrogens is 2. The van der Waals surface area contributed by atoms with Crippen LogP contribution in [0.15, 0.2) is 34.7 Å². The summed E-state index contributed by atoms with van der Waals surface area (Å²) < 4.78 is 26.6. The fourth-order valence-corrected chi connectivity index (χ4v) is 4.59. The predicted octanol–water partition coefficient (Wildman–Crippen LogP) is 2.10. The van der Waals surface area contributed by atoms with Crippen LogP contribution in [-0.4, -0.2) is 36.8 Å². The molecule has 0 radical (unpaired) electrons. The van der Waals surface area contributed by atoms with Crippen LogP contribution in [0.1, 0.15) is 18.9 Å². The van der Waals surface area contributed by atoms with Crippen LogP contribution in [0.2, 0.25) is 0 Å². The van der Waals surface area contributed by atoms with Gasteiger partial charge in [0, 0.05) is 24.5 Å². The third-order valence-electron chi connectivity index (χ3n) is 2.85. The zero-order chi connectivity index (χ0) is 17.4. The first kappa shape index (κ1) is 18.8. The lowest BCUT2D eigenvalue weighted by Crippen LogP contribution is -2.26. The maximum absolute atomic E-state index is 12.1. The number of rotatable bonds is 9. The molecule has 7 nitrogen and oxygen atoms in total. The average Bonchev–Trinajstić information content (AvgIpc) is 3.04. The molecule has 0 aliphatic heterocycles. The largest absolute Gasteiger partial charge is 0.301 e. The minimum Gasteiger partial charge on any atom is -0.301 e. The summed E-state index contributed by atoms with van der Waals surface area (Å²) in [4.78, 5) is 11.3. The number of thioether (sulfide) groups is 1. The topological polar surface area (TPSA) is 101 Å². The number of amides is 1. The summed E-state index contributed by atoms with van der Waals surface area (Å²) in [6, 6.07) is 9.97. The Hall–Kier alpha value is -1.49. The van der Waals surface area contributed by atoms with Gasteiger partial charge < -0.3 is 5.32 Å². The van der Waals surface area contributed by atoms with E-state index in [0.29, 0.717) is 18.7 Å². The van der Waals surface area contributed by atoms with Gasteiger partial charge in [-0.3, -0.25) is 4.79 Å². The Bertz CT molecular complexity index is 763. The van der Waals surface area contributed by atoms with E-state index in [1.165, 1.54) is 5.56 Å². The van der Waals surface area contributed by atoms with Crippen LogP contribution in [0.4, 0.5) is 5.13 Å². The quantitative estimate of drug-likeness (QED) is 0.505. The molecule has 1 amide bonds. The number of hydrogen-bond acceptors (Lipinski definition) is 7. The Morgan fingerprint density at radius 1 is 1.25 bits per heavy atom. The second-order valence-electron chi connectivity index (χ2n) is 4.71. The van der Waals surface area contributed by atoms with E-state index in [-0.39, 0.29) is 15.4 Å². The molecule has 130 valence electrons. The van der Waals surface area contributed by atoms with Crippen LogP contribution in [0.3, 0.4) is 0 Å². The average molecular weight is 387 g/mol. The highest BCUT2D eigenvalue weighted by molar-refractivity contribution is 7.98. The Kier molecular flexibility index (Phi) is 7.16. The Labute approximate surface area is 149 Å². The number of carbonyl (C=O) groups excluding carboxylic acids is 1. The Balaban J connectivity index is 1.78. The van der Waals surface area contributed by atoms with Crippen molar-refractivity contribution in [3.05, 3.63) is 35.9 Å². The zero-order valence-electron chi connectivity index (χ0n) is 13.1. The van der Waals surface area contributed by atoms with Gasteiger partial charge in [-0.25, -0.2) is 13.1 Å². The molecule has 0 bridgehead atoms. The van der Waals surface area contributed by atoms with Crippen molar-refractivity contribution in [2.75, 3.05) is 17.6 Å². The van der Waals surface area contributed by atoms with Crippen molar-refractivity contribution in [2.24, 2.45) is 0 Å². The molecular weight excluding hydrogens is 368 g/mol. The minimum absolute atomic E-state index is 0.151. The minimum atomic E-state index is -3.70. The molecule has 2 rings (SSSR count). The lowest BCUT2D eigenvalue weighted by atomic mass is 10.2. The fourth-order valence-electron chi connectivity index (χ4n) is 1.65. The SMILES string of the molecule is CCC(=O)Nc1nnc(S(=O)(=O)NCCSCc2ccccc2)s1. The van der Waals surface area contributed by atoms with E-state index in [9.17, 15) is 13.2 Å². The van der Waals surface area contributed by atoms with Gasteiger partial charge in [0.2, 0.25) is 15.4 Å². The Morgan fingerprint density at radius 2 is 2.00 bits per heavy atom. The first-order valence-electron chi connectivity index (χ1n) is 7.26. The molecule has 2 N–H and O–H groups in total. The molecule has 0 unspecified atom stereocenters. The zero-order valence-corrected chi connectivity index (χ0v) is 15.5. The highest BCUT2D eigenvalue weighted by Crippen LogP contribution is 2.20. The van der Waals surface area contributed by atoms with Gasteiger partial charge in [0.1, 0.15) is 0 Å². The molecule has 1 aromatic heterocycles. The van der Waals surface area contributed by atoms with Crippen LogP contribution in [0.25, 0.3) is 0 Å². The third kappa shape index (κ3) is 5.86. The van der Waals surface area contributed by atoms with Crippen molar-refractivity contribution in [1.82, 2.24) is 14.9 Å². The summed E-state index contributed by atoms with van der Waals surface area (Å²) in [6.45, 7) is 2.00. The van der Waals surface area contributed by atoms with Gasteiger partial charge >= 0.3 is 0 Å². The number of carbonyl (C=O) groups is 1. The van der Waals surface area contributed by atoms with Gasteiger partial charge in [0.15, 0.2) is 0 Å². The lowest BCUT2D eigenvalue weighted by molar-refractivity contribution is -0.115. The van der Waals surface area contributed by atoms with E-state index >= 15 is 0 Å². The fraction of sp³-hybridized carbons (Fsp3) is 0.357. The first-order valence-corrected chi connectivity index (χ1v) is 10.7. The van der Waals surface area contributed by atoms with Crippen LogP contribution in [-0.2, 0) is 20.6 Å². The van der Waals surface area contributed by atoms with Crippen LogP contribution in [0.5, 0.6) is 0 Å². The van der Waals surface area contributed by atoms with Crippen molar-refractivity contribution >= 4 is 44.2 Å². The molecule has 0 spiro atoms. The molecule has 2 aromatic rings. The maximum Gasteiger partial charge on any atom is 0.269 e. The molecule has 0 saturated heterocycles. The number of sulfonamides is 1. The lowest BCUT2D eigenvalue weighted by Gasteiger charge is -2.04. The summed E-state index contributed by atoms with van der Waals surface area (Å²) >= 11 is 2.48. The molecule has 0 aliphatic carbocycles. The highest BCUT2D eigenvalue weighted by Gasteiger charge is 2.20. The van der Waals surface area contributed by atoms with E-state index in [2.05, 4.69) is 20.2 Å². The molecule has 1 aromatic carbocycles. The van der Waals surface area contributed by atoms with E-state index < -0.39 is 10.0 Å². The van der Waals surface area contributed by atoms with E-state index in [1.54, 1.807) is 18.7 Å². The predicted molar refractivity (Wildman–Crippen MR) is 96.6 cm³/mol. The molecule has 10 heteroatoms. The summed E-state index contributed by atoms with van der Waals surface area (Å²) in [5.74, 6) is 1.24. The van der Waals surface area contributed by atoms with Crippen molar-refractivity contribution < 1.29 is 13.2 Å². The van der Waals surface area contributed by atoms with E-state index in [0.717, 1.165) is 17.1 Å². The summed E-state index contributed by atoms with van der Waals surface area (Å²) in [7, 11) is -3.70. The third-order valence-corrected chi connectivity index (χ3v) is 6.55. The van der Waals surface area contributed by atoms with Gasteiger partial charge in [-0.05, 0) is 5.56 Å². The highest BCUT2D eigenvalue weighted by atomic mass is 32.2. The second kappa shape index (κ2) is 9.11. The molecular formula is C14H18N4O3S3. The first-order chi connectivity index (χ1) is 11.5. The second-order valence-corrected chi connectivity index (χ2v) is 8.73. The normalized spacial score (nSPS) is 11.4. The smallest absolute Gasteiger partial charge is 0.269 e. The maximum atomic E-state index is 12.1. The molecule has 0 atom stereocenters. The van der Waals surface area contributed by atoms with Crippen molar-refractivity contribution in [1.29, 1.82) is 0 Å². The number of hydrogen-bond donors (Lipinski definition) is 2. The van der Waals surface area contributed by atoms with Crippen molar-refractivity contribution in [3.63, 3.8) is 0 Å². The van der Waals surface area contributed by atoms with Gasteiger partial charge in [-0.15, -0.1) is 10.2 Å². The molecule has 24 heavy (non-hydrogen) atoms. The number of nitrogens with zero attached hydrogens (tertiary/aromatic N) is 2. The van der Waals surface area contributed by atoms with Crippen LogP contribution < -0.4 is 10.0 Å². The number of nitrogens with one attached hydrogen (secondary N) is 2. The van der Waals surface area contributed by atoms with Gasteiger partial charge in [-0.2, -0.15) is 11.8 Å². The molecule has 0 fully saturated rings. The van der Waals surface area contributed by atoms with Crippen molar-refractivity contribution in [3.8, 4) is 0 Å². The van der Waals surface area contributed by atoms with Crippen LogP contribution >= 0.6 is 23.1 Å². The molecule has 0 saturated carbocycles. The van der Waals surface area contributed by atoms with Gasteiger partial charge in [0.25, 0.3) is 10.0 Å². The van der Waals surface area contributed by atoms with E-state index in [1.807, 2.05) is 30.3 Å². The summed E-state index contributed by atoms with van der Waals surface area (Å²) in [6.07, 6.45) is 0.290. The van der Waals surface area contributed by atoms with Crippen molar-refractivity contribution in [2.45, 2.75) is 23.4 Å². The number of anilines is 1. The summed E-state index contributed by atoms with van der Waals surface area (Å²) in [5, 5.41) is 9.95. The molecule has 0 aliphatic rings. The summed E-state index contributed by atoms with van der Waals surface area (Å²) in [5.41, 5.74) is 1.20. The monoisotopic (exact) mass is 386 g/mol. The Morgan fingerprint density at radius 3 is 2.71 bits per heavy atom. The standard InChI is InChI=1S/C14H18N4O3S3/c1-2-12(19)16-13-17-18-14(23-13)24(20,21)15-8-9-22-10-11-6-4-3-5-7-11/h3-7,15H,2,8-10H2,1H3,(H,16,17,19). The van der Waals surface area contributed by atoms with Gasteiger partial charge in [0.05, 0.1) is 0 Å². The molecule has 1 heterocycles. The number of benzene rings is 1. The van der Waals surface area contributed by atoms with E-state index in [4.69, 9.17) is 0 Å². The van der Waals surface area contributed by atoms with Crippen LogP contribution in [0, 0.1) is 0 Å². The van der Waals surface area contributed by atoms with Gasteiger partial charge in [-0.1, -0.05) is 48.6 Å².